The number of benzene rings is 11. The van der Waals surface area contributed by atoms with Crippen LogP contribution in [0, 0.1) is 12.1 Å². The average molecular weight is 1250 g/mol. The molecule has 3 aromatic heterocycles. The van der Waals surface area contributed by atoms with Crippen LogP contribution in [0.15, 0.2) is 223 Å². The summed E-state index contributed by atoms with van der Waals surface area (Å²) in [5, 5.41) is 5.83. The maximum Gasteiger partial charge on any atom is 0.121 e. The molecular formula is C76H64IrN4O-2. The molecule has 0 amide bonds. The molecule has 0 aliphatic carbocycles. The summed E-state index contributed by atoms with van der Waals surface area (Å²) in [6.07, 6.45) is 0. The van der Waals surface area contributed by atoms with Gasteiger partial charge in [-0.05, 0) is 144 Å². The van der Waals surface area contributed by atoms with Gasteiger partial charge in [0.15, 0.2) is 0 Å². The molecule has 0 fully saturated rings. The van der Waals surface area contributed by atoms with E-state index in [0.717, 1.165) is 88.4 Å². The van der Waals surface area contributed by atoms with Gasteiger partial charge >= 0.3 is 0 Å². The van der Waals surface area contributed by atoms with Crippen molar-refractivity contribution in [3.05, 3.63) is 253 Å². The Labute approximate surface area is 501 Å². The molecule has 0 bridgehead atoms. The maximum absolute atomic E-state index is 8.53. The molecule has 3 heterocycles. The molecule has 0 unspecified atom stereocenters. The Balaban J connectivity index is 0.000000221. The van der Waals surface area contributed by atoms with E-state index in [1.165, 1.54) is 39.1 Å². The predicted molar refractivity (Wildman–Crippen MR) is 340 cm³/mol. The first-order valence-corrected chi connectivity index (χ1v) is 28.2. The van der Waals surface area contributed by atoms with Gasteiger partial charge in [0, 0.05) is 36.9 Å². The normalized spacial score (nSPS) is 12.6. The molecule has 14 aromatic rings. The fourth-order valence-corrected chi connectivity index (χ4v) is 11.8. The van der Waals surface area contributed by atoms with Crippen LogP contribution in [-0.4, -0.2) is 19.1 Å². The fraction of sp³-hybridized carbons (Fsp3) is 0.158. The van der Waals surface area contributed by atoms with E-state index in [0.29, 0.717) is 23.0 Å². The van der Waals surface area contributed by atoms with Gasteiger partial charge in [-0.25, -0.2) is 0 Å². The summed E-state index contributed by atoms with van der Waals surface area (Å²) in [6, 6.07) is 70.2. The van der Waals surface area contributed by atoms with E-state index in [1.54, 1.807) is 0 Å². The van der Waals surface area contributed by atoms with Crippen molar-refractivity contribution in [3.8, 4) is 56.4 Å². The van der Waals surface area contributed by atoms with Gasteiger partial charge in [-0.15, -0.1) is 54.1 Å². The molecule has 1 radical (unpaired) electrons. The molecule has 0 saturated heterocycles. The Kier molecular flexibility index (Phi) is 13.1. The predicted octanol–water partition coefficient (Wildman–Crippen LogP) is 21.0. The summed E-state index contributed by atoms with van der Waals surface area (Å²) in [4.78, 5) is 10.3. The van der Waals surface area contributed by atoms with Gasteiger partial charge < -0.3 is 13.6 Å². The molecule has 0 aliphatic rings. The molecule has 5 nitrogen and oxygen atoms in total. The number of aromatic nitrogens is 4. The quantitative estimate of drug-likeness (QED) is 0.101. The van der Waals surface area contributed by atoms with Gasteiger partial charge in [-0.3, -0.25) is 9.97 Å². The Bertz CT molecular complexity index is 4880. The third-order valence-electron chi connectivity index (χ3n) is 15.8. The summed E-state index contributed by atoms with van der Waals surface area (Å²) < 4.78 is 53.0. The Hall–Kier alpha value is -8.67. The first-order valence-electron chi connectivity index (χ1n) is 30.7. The second-order valence-corrected chi connectivity index (χ2v) is 22.3. The van der Waals surface area contributed by atoms with E-state index in [9.17, 15) is 0 Å². The molecule has 0 aliphatic heterocycles. The number of para-hydroxylation sites is 5. The van der Waals surface area contributed by atoms with E-state index in [1.807, 2.05) is 54.6 Å². The monoisotopic (exact) mass is 1250 g/mol. The number of hydrogen-bond donors (Lipinski definition) is 0. The van der Waals surface area contributed by atoms with Gasteiger partial charge in [0.05, 0.1) is 46.2 Å². The van der Waals surface area contributed by atoms with Crippen molar-refractivity contribution in [1.29, 1.82) is 0 Å². The molecular weight excluding hydrogens is 1180 g/mol. The first kappa shape index (κ1) is 48.1. The summed E-state index contributed by atoms with van der Waals surface area (Å²) >= 11 is 0. The maximum atomic E-state index is 8.53. The van der Waals surface area contributed by atoms with Crippen LogP contribution in [0.3, 0.4) is 0 Å². The van der Waals surface area contributed by atoms with Gasteiger partial charge in [0.25, 0.3) is 0 Å². The van der Waals surface area contributed by atoms with Crippen molar-refractivity contribution in [2.75, 3.05) is 0 Å². The van der Waals surface area contributed by atoms with Gasteiger partial charge in [0.2, 0.25) is 0 Å². The van der Waals surface area contributed by atoms with Crippen molar-refractivity contribution >= 4 is 65.6 Å². The van der Waals surface area contributed by atoms with Crippen molar-refractivity contribution in [3.63, 3.8) is 0 Å². The van der Waals surface area contributed by atoms with Crippen LogP contribution in [0.4, 0.5) is 0 Å². The minimum absolute atomic E-state index is 0. The second-order valence-electron chi connectivity index (χ2n) is 22.3. The van der Waals surface area contributed by atoms with Gasteiger partial charge in [0.1, 0.15) is 5.58 Å². The summed E-state index contributed by atoms with van der Waals surface area (Å²) in [5.41, 5.74) is 18.0. The minimum atomic E-state index is -0.401. The molecule has 405 valence electrons. The van der Waals surface area contributed by atoms with Crippen LogP contribution in [0.5, 0.6) is 0 Å². The van der Waals surface area contributed by atoms with Crippen molar-refractivity contribution < 1.29 is 31.4 Å². The number of nitrogens with zero attached hydrogens (tertiary/aromatic N) is 4. The molecule has 14 rings (SSSR count). The number of furan rings is 1. The zero-order valence-electron chi connectivity index (χ0n) is 52.2. The summed E-state index contributed by atoms with van der Waals surface area (Å²) in [7, 11) is 0. The van der Waals surface area contributed by atoms with Crippen LogP contribution >= 0.6 is 0 Å². The van der Waals surface area contributed by atoms with Crippen LogP contribution in [0.2, 0.25) is 0 Å². The van der Waals surface area contributed by atoms with E-state index in [2.05, 4.69) is 210 Å². The molecule has 0 saturated carbocycles. The SMILES string of the molecule is CC(C)c1cccc(C(C)C)c1-n1c(-c2[c-]cccc2)nc2ccccc21.[2H]c1c([2H])c([2H])c(-c2ccc3c(ccc4cc5c(cc43)oc3c(-c4nc6ccccc6n4-c4c(C(C)C)cc(-c6ccccc6)cc4C(C)C)[c-]ccc35)c2)c([2H])c1[2H].[Ir]. The smallest absolute Gasteiger partial charge is 0.121 e. The van der Waals surface area contributed by atoms with Crippen molar-refractivity contribution in [2.45, 2.75) is 79.1 Å². The third-order valence-corrected chi connectivity index (χ3v) is 15.8. The molecule has 0 N–H and O–H groups in total. The molecule has 0 spiro atoms. The van der Waals surface area contributed by atoms with E-state index >= 15 is 0 Å². The molecule has 82 heavy (non-hydrogen) atoms. The zero-order valence-corrected chi connectivity index (χ0v) is 49.6. The van der Waals surface area contributed by atoms with Gasteiger partial charge in [-0.1, -0.05) is 194 Å². The van der Waals surface area contributed by atoms with Crippen molar-refractivity contribution in [1.82, 2.24) is 19.1 Å². The zero-order chi connectivity index (χ0) is 59.8. The minimum Gasteiger partial charge on any atom is -0.501 e. The van der Waals surface area contributed by atoms with E-state index in [-0.39, 0.29) is 61.7 Å². The number of imidazole rings is 2. The number of hydrogen-bond acceptors (Lipinski definition) is 3. The largest absolute Gasteiger partial charge is 0.501 e. The average Bonchev–Trinajstić information content (AvgIpc) is 1.69. The number of fused-ring (bicyclic) bond motifs is 8. The number of rotatable bonds is 10. The van der Waals surface area contributed by atoms with Crippen molar-refractivity contribution in [2.24, 2.45) is 0 Å². The standard InChI is InChI=1S/C51H39N2O.C25H25N2.Ir/c1-31(2)42-28-38(34-16-9-6-10-17-34)29-43(32(3)4)49(42)53-47-21-12-11-20-46(47)52-51(53)41-19-13-18-40-45-27-37-23-22-36-26-35(33-14-7-5-8-15-33)24-25-39(36)44(37)30-48(45)54-50(40)41;1-17(2)20-13-10-14-21(18(3)4)24(20)27-23-16-9-8-15-22(23)26-25(27)19-11-6-5-7-12-19;/h5-18,20-32H,1-4H3;5-11,13-18H,1-4H3;/q2*-1;/i5D,7D,8D,14D,15D;;. The molecule has 6 heteroatoms. The molecule has 0 atom stereocenters. The van der Waals surface area contributed by atoms with Crippen LogP contribution < -0.4 is 0 Å². The van der Waals surface area contributed by atoms with E-state index < -0.39 is 6.04 Å². The van der Waals surface area contributed by atoms with Gasteiger partial charge in [-0.2, -0.15) is 0 Å². The van der Waals surface area contributed by atoms with E-state index in [4.69, 9.17) is 21.2 Å². The Morgan fingerprint density at radius 3 is 1.65 bits per heavy atom. The molecule has 11 aromatic carbocycles. The Morgan fingerprint density at radius 2 is 1.01 bits per heavy atom. The first-order chi connectivity index (χ1) is 41.6. The summed E-state index contributed by atoms with van der Waals surface area (Å²) in [5.74, 6) is 3.01. The third kappa shape index (κ3) is 9.64. The van der Waals surface area contributed by atoms with Crippen LogP contribution in [-0.2, 0) is 20.1 Å². The van der Waals surface area contributed by atoms with Crippen LogP contribution in [0.25, 0.3) is 122 Å². The fourth-order valence-electron chi connectivity index (χ4n) is 11.8. The summed E-state index contributed by atoms with van der Waals surface area (Å²) in [6.45, 7) is 18.1. The topological polar surface area (TPSA) is 48.8 Å². The van der Waals surface area contributed by atoms with Crippen LogP contribution in [0.1, 0.15) is 108 Å². The Morgan fingerprint density at radius 1 is 0.427 bits per heavy atom. The second kappa shape index (κ2) is 22.3.